The lowest BCUT2D eigenvalue weighted by Crippen LogP contribution is -2.04. The van der Waals surface area contributed by atoms with Crippen molar-refractivity contribution in [2.45, 2.75) is 38.7 Å². The Hall–Kier alpha value is -1.45. The molecule has 0 saturated carbocycles. The smallest absolute Gasteiger partial charge is 0.306 e. The van der Waals surface area contributed by atoms with Gasteiger partial charge < -0.3 is 4.74 Å². The SMILES string of the molecule is O=C(CCCCC(F)F)OCc1ccccc1. The number of esters is 1. The summed E-state index contributed by atoms with van der Waals surface area (Å²) >= 11 is 0. The fourth-order valence-electron chi connectivity index (χ4n) is 1.38. The van der Waals surface area contributed by atoms with Gasteiger partial charge >= 0.3 is 5.97 Å². The zero-order chi connectivity index (χ0) is 12.5. The van der Waals surface area contributed by atoms with Gasteiger partial charge in [0.25, 0.3) is 0 Å². The maximum absolute atomic E-state index is 11.8. The molecule has 0 aliphatic carbocycles. The van der Waals surface area contributed by atoms with E-state index in [0.717, 1.165) is 5.56 Å². The molecule has 0 spiro atoms. The fourth-order valence-corrected chi connectivity index (χ4v) is 1.38. The number of carbonyl (C=O) groups is 1. The van der Waals surface area contributed by atoms with Crippen LogP contribution < -0.4 is 0 Å². The minimum atomic E-state index is -2.28. The molecule has 0 atom stereocenters. The quantitative estimate of drug-likeness (QED) is 0.540. The Kier molecular flexibility index (Phi) is 6.22. The Labute approximate surface area is 99.6 Å². The van der Waals surface area contributed by atoms with Gasteiger partial charge in [-0.05, 0) is 18.4 Å². The molecule has 0 heterocycles. The first-order valence-electron chi connectivity index (χ1n) is 5.66. The molecule has 0 aromatic heterocycles. The van der Waals surface area contributed by atoms with Crippen LogP contribution in [0.5, 0.6) is 0 Å². The van der Waals surface area contributed by atoms with Gasteiger partial charge in [-0.1, -0.05) is 30.3 Å². The molecule has 0 amide bonds. The highest BCUT2D eigenvalue weighted by atomic mass is 19.3. The monoisotopic (exact) mass is 242 g/mol. The van der Waals surface area contributed by atoms with E-state index in [1.807, 2.05) is 30.3 Å². The molecule has 0 radical (unpaired) electrons. The Morgan fingerprint density at radius 2 is 1.88 bits per heavy atom. The number of alkyl halides is 2. The molecule has 1 aromatic rings. The zero-order valence-corrected chi connectivity index (χ0v) is 9.57. The number of hydrogen-bond acceptors (Lipinski definition) is 2. The summed E-state index contributed by atoms with van der Waals surface area (Å²) in [5.74, 6) is -0.330. The van der Waals surface area contributed by atoms with Gasteiger partial charge in [-0.15, -0.1) is 0 Å². The highest BCUT2D eigenvalue weighted by molar-refractivity contribution is 5.69. The molecular weight excluding hydrogens is 226 g/mol. The van der Waals surface area contributed by atoms with Crippen molar-refractivity contribution in [2.24, 2.45) is 0 Å². The molecule has 94 valence electrons. The summed E-state index contributed by atoms with van der Waals surface area (Å²) in [6.07, 6.45) is -1.41. The molecule has 4 heteroatoms. The minimum absolute atomic E-state index is 0.147. The molecule has 1 rings (SSSR count). The van der Waals surface area contributed by atoms with Crippen molar-refractivity contribution < 1.29 is 18.3 Å². The number of carbonyl (C=O) groups excluding carboxylic acids is 1. The van der Waals surface area contributed by atoms with Crippen LogP contribution in [0.25, 0.3) is 0 Å². The third kappa shape index (κ3) is 6.66. The van der Waals surface area contributed by atoms with Crippen molar-refractivity contribution in [1.82, 2.24) is 0 Å². The molecule has 0 saturated heterocycles. The van der Waals surface area contributed by atoms with Crippen LogP contribution in [-0.4, -0.2) is 12.4 Å². The lowest BCUT2D eigenvalue weighted by Gasteiger charge is -2.04. The molecule has 2 nitrogen and oxygen atoms in total. The van der Waals surface area contributed by atoms with Gasteiger partial charge in [0.1, 0.15) is 6.61 Å². The van der Waals surface area contributed by atoms with Crippen LogP contribution in [0, 0.1) is 0 Å². The first-order chi connectivity index (χ1) is 8.18. The van der Waals surface area contributed by atoms with Crippen molar-refractivity contribution in [3.63, 3.8) is 0 Å². The molecule has 0 N–H and O–H groups in total. The van der Waals surface area contributed by atoms with Gasteiger partial charge in [-0.2, -0.15) is 0 Å². The highest BCUT2D eigenvalue weighted by Gasteiger charge is 2.05. The van der Waals surface area contributed by atoms with E-state index >= 15 is 0 Å². The zero-order valence-electron chi connectivity index (χ0n) is 9.57. The maximum Gasteiger partial charge on any atom is 0.306 e. The summed E-state index contributed by atoms with van der Waals surface area (Å²) < 4.78 is 28.6. The Balaban J connectivity index is 2.09. The summed E-state index contributed by atoms with van der Waals surface area (Å²) in [5, 5.41) is 0. The van der Waals surface area contributed by atoms with Crippen LogP contribution in [0.1, 0.15) is 31.2 Å². The predicted molar refractivity (Wildman–Crippen MR) is 60.7 cm³/mol. The number of rotatable bonds is 7. The van der Waals surface area contributed by atoms with Crippen LogP contribution in [0.3, 0.4) is 0 Å². The summed E-state index contributed by atoms with van der Waals surface area (Å²) in [6.45, 7) is 0.245. The Bertz CT molecular complexity index is 325. The maximum atomic E-state index is 11.8. The molecule has 0 unspecified atom stereocenters. The van der Waals surface area contributed by atoms with Crippen molar-refractivity contribution in [3.05, 3.63) is 35.9 Å². The molecule has 0 aliphatic rings. The van der Waals surface area contributed by atoms with Crippen LogP contribution >= 0.6 is 0 Å². The van der Waals surface area contributed by atoms with E-state index in [0.29, 0.717) is 12.8 Å². The molecule has 0 aliphatic heterocycles. The average molecular weight is 242 g/mol. The second kappa shape index (κ2) is 7.76. The summed E-state index contributed by atoms with van der Waals surface area (Å²) in [7, 11) is 0. The number of hydrogen-bond donors (Lipinski definition) is 0. The van der Waals surface area contributed by atoms with Crippen molar-refractivity contribution in [3.8, 4) is 0 Å². The van der Waals surface area contributed by atoms with Gasteiger partial charge in [0.15, 0.2) is 0 Å². The summed E-state index contributed by atoms with van der Waals surface area (Å²) in [5.41, 5.74) is 0.924. The average Bonchev–Trinajstić information content (AvgIpc) is 2.33. The van der Waals surface area contributed by atoms with Gasteiger partial charge in [-0.3, -0.25) is 4.79 Å². The lowest BCUT2D eigenvalue weighted by atomic mass is 10.2. The van der Waals surface area contributed by atoms with Crippen LogP contribution in [-0.2, 0) is 16.1 Å². The standard InChI is InChI=1S/C13H16F2O2/c14-12(15)8-4-5-9-13(16)17-10-11-6-2-1-3-7-11/h1-3,6-7,12H,4-5,8-10H2. The van der Waals surface area contributed by atoms with Gasteiger partial charge in [0, 0.05) is 12.8 Å². The number of ether oxygens (including phenoxy) is 1. The molecular formula is C13H16F2O2. The number of halogens is 2. The second-order valence-electron chi connectivity index (χ2n) is 3.78. The normalized spacial score (nSPS) is 10.5. The summed E-state index contributed by atoms with van der Waals surface area (Å²) in [4.78, 5) is 11.3. The Morgan fingerprint density at radius 1 is 1.18 bits per heavy atom. The van der Waals surface area contributed by atoms with E-state index in [4.69, 9.17) is 4.74 Å². The van der Waals surface area contributed by atoms with Crippen LogP contribution in [0.2, 0.25) is 0 Å². The van der Waals surface area contributed by atoms with E-state index in [-0.39, 0.29) is 25.4 Å². The van der Waals surface area contributed by atoms with Crippen molar-refractivity contribution >= 4 is 5.97 Å². The van der Waals surface area contributed by atoms with Crippen LogP contribution in [0.15, 0.2) is 30.3 Å². The van der Waals surface area contributed by atoms with Gasteiger partial charge in [-0.25, -0.2) is 8.78 Å². The van der Waals surface area contributed by atoms with E-state index in [1.165, 1.54) is 0 Å². The van der Waals surface area contributed by atoms with E-state index in [2.05, 4.69) is 0 Å². The van der Waals surface area contributed by atoms with Crippen molar-refractivity contribution in [1.29, 1.82) is 0 Å². The third-order valence-corrected chi connectivity index (χ3v) is 2.30. The van der Waals surface area contributed by atoms with Gasteiger partial charge in [0.2, 0.25) is 6.43 Å². The molecule has 1 aromatic carbocycles. The van der Waals surface area contributed by atoms with Crippen molar-refractivity contribution in [2.75, 3.05) is 0 Å². The highest BCUT2D eigenvalue weighted by Crippen LogP contribution is 2.09. The first-order valence-corrected chi connectivity index (χ1v) is 5.66. The first kappa shape index (κ1) is 13.6. The Morgan fingerprint density at radius 3 is 2.53 bits per heavy atom. The van der Waals surface area contributed by atoms with Gasteiger partial charge in [0.05, 0.1) is 0 Å². The molecule has 0 bridgehead atoms. The van der Waals surface area contributed by atoms with E-state index in [1.54, 1.807) is 0 Å². The molecule has 17 heavy (non-hydrogen) atoms. The third-order valence-electron chi connectivity index (χ3n) is 2.30. The largest absolute Gasteiger partial charge is 0.461 e. The number of unbranched alkanes of at least 4 members (excludes halogenated alkanes) is 1. The molecule has 0 fully saturated rings. The number of benzene rings is 1. The van der Waals surface area contributed by atoms with E-state index < -0.39 is 6.43 Å². The van der Waals surface area contributed by atoms with E-state index in [9.17, 15) is 13.6 Å². The second-order valence-corrected chi connectivity index (χ2v) is 3.78. The fraction of sp³-hybridized carbons (Fsp3) is 0.462. The van der Waals surface area contributed by atoms with Crippen LogP contribution in [0.4, 0.5) is 8.78 Å². The topological polar surface area (TPSA) is 26.3 Å². The lowest BCUT2D eigenvalue weighted by molar-refractivity contribution is -0.145. The summed E-state index contributed by atoms with van der Waals surface area (Å²) in [6, 6.07) is 9.35. The minimum Gasteiger partial charge on any atom is -0.461 e. The predicted octanol–water partition coefficient (Wildman–Crippen LogP) is 3.56.